The van der Waals surface area contributed by atoms with E-state index in [1.807, 2.05) is 6.92 Å². The standard InChI is InChI=1S/C16H17N5O3S/c1-8-4-5-12(22)9(2)14(8)16-19-11-7-18-13(21-25(3,23)24)6-10(11)15(17)20-16/h4-7,22H,1-3H3,(H,18,21)(H2,17,19,20). The maximum Gasteiger partial charge on any atom is 0.230 e. The first-order chi connectivity index (χ1) is 11.7. The number of benzene rings is 1. The molecule has 0 radical (unpaired) electrons. The van der Waals surface area contributed by atoms with Crippen LogP contribution in [0.3, 0.4) is 0 Å². The summed E-state index contributed by atoms with van der Waals surface area (Å²) in [6, 6.07) is 4.87. The summed E-state index contributed by atoms with van der Waals surface area (Å²) in [6.07, 6.45) is 2.47. The molecule has 0 atom stereocenters. The summed E-state index contributed by atoms with van der Waals surface area (Å²) in [5.41, 5.74) is 8.78. The maximum atomic E-state index is 11.3. The highest BCUT2D eigenvalue weighted by molar-refractivity contribution is 7.92. The first kappa shape index (κ1) is 16.9. The molecular weight excluding hydrogens is 342 g/mol. The number of aromatic nitrogens is 3. The van der Waals surface area contributed by atoms with Crippen LogP contribution in [0, 0.1) is 13.8 Å². The number of nitrogens with zero attached hydrogens (tertiary/aromatic N) is 3. The molecule has 4 N–H and O–H groups in total. The third-order valence-electron chi connectivity index (χ3n) is 3.77. The third kappa shape index (κ3) is 3.31. The summed E-state index contributed by atoms with van der Waals surface area (Å²) >= 11 is 0. The highest BCUT2D eigenvalue weighted by atomic mass is 32.2. The number of pyridine rings is 1. The van der Waals surface area contributed by atoms with Crippen LogP contribution in [0.2, 0.25) is 0 Å². The summed E-state index contributed by atoms with van der Waals surface area (Å²) < 4.78 is 25.0. The molecule has 9 heteroatoms. The molecular formula is C16H17N5O3S. The molecule has 0 fully saturated rings. The molecule has 2 aromatic heterocycles. The lowest BCUT2D eigenvalue weighted by Crippen LogP contribution is -2.11. The van der Waals surface area contributed by atoms with Crippen molar-refractivity contribution in [3.8, 4) is 17.1 Å². The number of aromatic hydroxyl groups is 1. The second-order valence-electron chi connectivity index (χ2n) is 5.79. The Kier molecular flexibility index (Phi) is 3.96. The van der Waals surface area contributed by atoms with Gasteiger partial charge in [0.1, 0.15) is 17.4 Å². The predicted molar refractivity (Wildman–Crippen MR) is 96.8 cm³/mol. The number of anilines is 2. The van der Waals surface area contributed by atoms with Crippen LogP contribution in [0.5, 0.6) is 5.75 Å². The van der Waals surface area contributed by atoms with E-state index in [-0.39, 0.29) is 17.4 Å². The number of phenols is 1. The van der Waals surface area contributed by atoms with Gasteiger partial charge in [0.2, 0.25) is 10.0 Å². The third-order valence-corrected chi connectivity index (χ3v) is 4.35. The van der Waals surface area contributed by atoms with Crippen LogP contribution in [0.25, 0.3) is 22.3 Å². The molecule has 3 aromatic rings. The van der Waals surface area contributed by atoms with Gasteiger partial charge in [-0.15, -0.1) is 0 Å². The molecule has 0 unspecified atom stereocenters. The molecule has 0 amide bonds. The molecule has 130 valence electrons. The van der Waals surface area contributed by atoms with Gasteiger partial charge in [0.25, 0.3) is 0 Å². The predicted octanol–water partition coefficient (Wildman–Crippen LogP) is 1.97. The van der Waals surface area contributed by atoms with Gasteiger partial charge in [-0.3, -0.25) is 4.72 Å². The van der Waals surface area contributed by atoms with E-state index in [2.05, 4.69) is 19.7 Å². The normalized spacial score (nSPS) is 11.6. The lowest BCUT2D eigenvalue weighted by atomic mass is 10.0. The average molecular weight is 359 g/mol. The van der Waals surface area contributed by atoms with Crippen molar-refractivity contribution in [2.75, 3.05) is 16.7 Å². The zero-order valence-electron chi connectivity index (χ0n) is 13.9. The molecule has 3 rings (SSSR count). The Labute approximate surface area is 144 Å². The topological polar surface area (TPSA) is 131 Å². The van der Waals surface area contributed by atoms with E-state index in [4.69, 9.17) is 5.73 Å². The van der Waals surface area contributed by atoms with Gasteiger partial charge in [-0.05, 0) is 31.5 Å². The lowest BCUT2D eigenvalue weighted by Gasteiger charge is -2.12. The van der Waals surface area contributed by atoms with Crippen molar-refractivity contribution in [2.24, 2.45) is 0 Å². The van der Waals surface area contributed by atoms with Gasteiger partial charge in [0, 0.05) is 16.5 Å². The number of rotatable bonds is 3. The van der Waals surface area contributed by atoms with Crippen molar-refractivity contribution in [3.63, 3.8) is 0 Å². The summed E-state index contributed by atoms with van der Waals surface area (Å²) in [6.45, 7) is 3.67. The number of hydrogen-bond donors (Lipinski definition) is 3. The zero-order chi connectivity index (χ0) is 18.4. The van der Waals surface area contributed by atoms with Gasteiger partial charge >= 0.3 is 0 Å². The number of hydrogen-bond acceptors (Lipinski definition) is 7. The number of fused-ring (bicyclic) bond motifs is 1. The van der Waals surface area contributed by atoms with Crippen LogP contribution < -0.4 is 10.5 Å². The van der Waals surface area contributed by atoms with Crippen LogP contribution in [0.15, 0.2) is 24.4 Å². The molecule has 0 saturated carbocycles. The van der Waals surface area contributed by atoms with Crippen molar-refractivity contribution in [2.45, 2.75) is 13.8 Å². The number of aryl methyl sites for hydroxylation is 1. The number of nitrogens with one attached hydrogen (secondary N) is 1. The molecule has 0 aliphatic rings. The van der Waals surface area contributed by atoms with Crippen molar-refractivity contribution in [3.05, 3.63) is 35.5 Å². The van der Waals surface area contributed by atoms with E-state index < -0.39 is 10.0 Å². The first-order valence-electron chi connectivity index (χ1n) is 7.36. The van der Waals surface area contributed by atoms with Gasteiger partial charge < -0.3 is 10.8 Å². The SMILES string of the molecule is Cc1ccc(O)c(C)c1-c1nc(N)c2cc(NS(C)(=O)=O)ncc2n1. The summed E-state index contributed by atoms with van der Waals surface area (Å²) in [5, 5.41) is 10.4. The van der Waals surface area contributed by atoms with Crippen LogP contribution in [0.1, 0.15) is 11.1 Å². The fraction of sp³-hybridized carbons (Fsp3) is 0.188. The molecule has 1 aromatic carbocycles. The van der Waals surface area contributed by atoms with E-state index in [0.717, 1.165) is 11.8 Å². The fourth-order valence-corrected chi connectivity index (χ4v) is 3.09. The van der Waals surface area contributed by atoms with Gasteiger partial charge in [0.05, 0.1) is 18.0 Å². The van der Waals surface area contributed by atoms with E-state index in [1.165, 1.54) is 12.3 Å². The largest absolute Gasteiger partial charge is 0.508 e. The Balaban J connectivity index is 2.19. The summed E-state index contributed by atoms with van der Waals surface area (Å²) in [7, 11) is -3.45. The Morgan fingerprint density at radius 1 is 1.20 bits per heavy atom. The van der Waals surface area contributed by atoms with Crippen molar-refractivity contribution >= 4 is 32.6 Å². The minimum atomic E-state index is -3.45. The first-order valence-corrected chi connectivity index (χ1v) is 9.25. The van der Waals surface area contributed by atoms with E-state index in [0.29, 0.717) is 27.9 Å². The van der Waals surface area contributed by atoms with E-state index in [9.17, 15) is 13.5 Å². The molecule has 0 aliphatic carbocycles. The Hall–Kier alpha value is -2.94. The molecule has 2 heterocycles. The highest BCUT2D eigenvalue weighted by Crippen LogP contribution is 2.32. The van der Waals surface area contributed by atoms with E-state index in [1.54, 1.807) is 19.1 Å². The van der Waals surface area contributed by atoms with Crippen LogP contribution >= 0.6 is 0 Å². The summed E-state index contributed by atoms with van der Waals surface area (Å²) in [5.74, 6) is 0.860. The molecule has 0 spiro atoms. The number of phenolic OH excluding ortho intramolecular Hbond substituents is 1. The van der Waals surface area contributed by atoms with Crippen molar-refractivity contribution in [1.82, 2.24) is 15.0 Å². The molecule has 0 aliphatic heterocycles. The fourth-order valence-electron chi connectivity index (χ4n) is 2.59. The molecule has 25 heavy (non-hydrogen) atoms. The van der Waals surface area contributed by atoms with Crippen molar-refractivity contribution < 1.29 is 13.5 Å². The highest BCUT2D eigenvalue weighted by Gasteiger charge is 2.15. The number of sulfonamides is 1. The monoisotopic (exact) mass is 359 g/mol. The van der Waals surface area contributed by atoms with Gasteiger partial charge in [-0.2, -0.15) is 0 Å². The number of nitrogen functional groups attached to an aromatic ring is 1. The number of nitrogens with two attached hydrogens (primary N) is 1. The van der Waals surface area contributed by atoms with Crippen LogP contribution in [-0.4, -0.2) is 34.7 Å². The average Bonchev–Trinajstić information content (AvgIpc) is 2.50. The Bertz CT molecular complexity index is 1100. The quantitative estimate of drug-likeness (QED) is 0.651. The van der Waals surface area contributed by atoms with Crippen molar-refractivity contribution in [1.29, 1.82) is 0 Å². The molecule has 0 saturated heterocycles. The molecule has 0 bridgehead atoms. The minimum Gasteiger partial charge on any atom is -0.508 e. The maximum absolute atomic E-state index is 11.3. The van der Waals surface area contributed by atoms with Crippen LogP contribution in [0.4, 0.5) is 11.6 Å². The van der Waals surface area contributed by atoms with Crippen LogP contribution in [-0.2, 0) is 10.0 Å². The minimum absolute atomic E-state index is 0.141. The zero-order valence-corrected chi connectivity index (χ0v) is 14.7. The van der Waals surface area contributed by atoms with E-state index >= 15 is 0 Å². The second-order valence-corrected chi connectivity index (χ2v) is 7.54. The lowest BCUT2D eigenvalue weighted by molar-refractivity contribution is 0.471. The molecule has 8 nitrogen and oxygen atoms in total. The smallest absolute Gasteiger partial charge is 0.230 e. The second kappa shape index (κ2) is 5.85. The van der Waals surface area contributed by atoms with Gasteiger partial charge in [-0.25, -0.2) is 23.4 Å². The Morgan fingerprint density at radius 2 is 1.92 bits per heavy atom. The van der Waals surface area contributed by atoms with Gasteiger partial charge in [0.15, 0.2) is 5.82 Å². The van der Waals surface area contributed by atoms with Gasteiger partial charge in [-0.1, -0.05) is 6.07 Å². The Morgan fingerprint density at radius 3 is 2.60 bits per heavy atom. The summed E-state index contributed by atoms with van der Waals surface area (Å²) in [4.78, 5) is 12.8.